The maximum Gasteiger partial charge on any atom is 0.254 e. The Bertz CT molecular complexity index is 655. The second kappa shape index (κ2) is 5.77. The number of hydrogen-bond donors (Lipinski definition) is 1. The van der Waals surface area contributed by atoms with Crippen molar-refractivity contribution in [2.75, 3.05) is 0 Å². The molecule has 0 aliphatic carbocycles. The molecule has 6 heteroatoms. The highest BCUT2D eigenvalue weighted by Crippen LogP contribution is 2.29. The van der Waals surface area contributed by atoms with E-state index in [1.165, 1.54) is 12.1 Å². The summed E-state index contributed by atoms with van der Waals surface area (Å²) in [6, 6.07) is 4.87. The van der Waals surface area contributed by atoms with Gasteiger partial charge in [-0.05, 0) is 50.8 Å². The summed E-state index contributed by atoms with van der Waals surface area (Å²) in [6.07, 6.45) is 2.89. The van der Waals surface area contributed by atoms with Gasteiger partial charge in [0.2, 0.25) is 10.0 Å². The molecule has 5 nitrogen and oxygen atoms in total. The predicted molar refractivity (Wildman–Crippen MR) is 81.5 cm³/mol. The van der Waals surface area contributed by atoms with E-state index in [-0.39, 0.29) is 22.9 Å². The van der Waals surface area contributed by atoms with Crippen LogP contribution in [0.1, 0.15) is 49.0 Å². The van der Waals surface area contributed by atoms with Gasteiger partial charge in [-0.3, -0.25) is 4.79 Å². The minimum Gasteiger partial charge on any atom is -0.333 e. The molecule has 2 rings (SSSR count). The van der Waals surface area contributed by atoms with Gasteiger partial charge >= 0.3 is 0 Å². The lowest BCUT2D eigenvalue weighted by atomic mass is 10.1. The van der Waals surface area contributed by atoms with E-state index in [0.29, 0.717) is 5.56 Å². The van der Waals surface area contributed by atoms with Gasteiger partial charge in [0.05, 0.1) is 4.90 Å². The Morgan fingerprint density at radius 2 is 2.05 bits per heavy atom. The minimum atomic E-state index is -3.80. The zero-order valence-electron chi connectivity index (χ0n) is 12.7. The van der Waals surface area contributed by atoms with Gasteiger partial charge in [-0.15, -0.1) is 0 Å². The van der Waals surface area contributed by atoms with Crippen molar-refractivity contribution in [2.24, 2.45) is 5.14 Å². The largest absolute Gasteiger partial charge is 0.333 e. The van der Waals surface area contributed by atoms with E-state index in [9.17, 15) is 13.2 Å². The van der Waals surface area contributed by atoms with Crippen LogP contribution in [0, 0.1) is 6.92 Å². The lowest BCUT2D eigenvalue weighted by Crippen LogP contribution is -2.40. The van der Waals surface area contributed by atoms with Crippen LogP contribution >= 0.6 is 0 Å². The SMILES string of the molecule is CCC1CCC(C)N1C(=O)c1cc(S(N)(=O)=O)ccc1C. The number of benzene rings is 1. The summed E-state index contributed by atoms with van der Waals surface area (Å²) in [7, 11) is -3.80. The fraction of sp³-hybridized carbons (Fsp3) is 0.533. The number of rotatable bonds is 3. The third-order valence-electron chi connectivity index (χ3n) is 4.26. The Hall–Kier alpha value is -1.40. The standard InChI is InChI=1S/C15H22N2O3S/c1-4-12-7-6-11(3)17(12)15(18)14-9-13(21(16,19)20)8-5-10(14)2/h5,8-9,11-12H,4,6-7H2,1-3H3,(H2,16,19,20). The van der Waals surface area contributed by atoms with E-state index in [1.54, 1.807) is 6.07 Å². The molecule has 21 heavy (non-hydrogen) atoms. The fourth-order valence-electron chi connectivity index (χ4n) is 2.99. The highest BCUT2D eigenvalue weighted by molar-refractivity contribution is 7.89. The lowest BCUT2D eigenvalue weighted by Gasteiger charge is -2.28. The molecular formula is C15H22N2O3S. The zero-order chi connectivity index (χ0) is 15.8. The summed E-state index contributed by atoms with van der Waals surface area (Å²) in [4.78, 5) is 14.7. The molecule has 2 N–H and O–H groups in total. The second-order valence-electron chi connectivity index (χ2n) is 5.72. The first kappa shape index (κ1) is 16.0. The highest BCUT2D eigenvalue weighted by Gasteiger charge is 2.34. The van der Waals surface area contributed by atoms with E-state index < -0.39 is 10.0 Å². The Kier molecular flexibility index (Phi) is 4.39. The molecule has 1 saturated heterocycles. The quantitative estimate of drug-likeness (QED) is 0.927. The fourth-order valence-corrected chi connectivity index (χ4v) is 3.53. The average molecular weight is 310 g/mol. The van der Waals surface area contributed by atoms with E-state index in [1.807, 2.05) is 18.7 Å². The number of carbonyl (C=O) groups excluding carboxylic acids is 1. The summed E-state index contributed by atoms with van der Waals surface area (Å²) in [5, 5.41) is 5.16. The number of hydrogen-bond acceptors (Lipinski definition) is 3. The predicted octanol–water partition coefficient (Wildman–Crippen LogP) is 2.05. The van der Waals surface area contributed by atoms with Crippen LogP contribution in [0.5, 0.6) is 0 Å². The molecule has 0 bridgehead atoms. The normalized spacial score (nSPS) is 22.6. The van der Waals surface area contributed by atoms with Crippen molar-refractivity contribution in [2.45, 2.75) is 57.0 Å². The van der Waals surface area contributed by atoms with Crippen molar-refractivity contribution >= 4 is 15.9 Å². The van der Waals surface area contributed by atoms with E-state index in [0.717, 1.165) is 24.8 Å². The number of likely N-dealkylation sites (tertiary alicyclic amines) is 1. The van der Waals surface area contributed by atoms with Crippen LogP contribution in [0.15, 0.2) is 23.1 Å². The molecule has 1 aliphatic heterocycles. The smallest absolute Gasteiger partial charge is 0.254 e. The maximum atomic E-state index is 12.8. The lowest BCUT2D eigenvalue weighted by molar-refractivity contribution is 0.0675. The summed E-state index contributed by atoms with van der Waals surface area (Å²) in [6.45, 7) is 5.91. The average Bonchev–Trinajstić information content (AvgIpc) is 2.78. The number of nitrogens with zero attached hydrogens (tertiary/aromatic N) is 1. The third kappa shape index (κ3) is 3.11. The van der Waals surface area contributed by atoms with E-state index >= 15 is 0 Å². The maximum absolute atomic E-state index is 12.8. The number of nitrogens with two attached hydrogens (primary N) is 1. The van der Waals surface area contributed by atoms with Crippen molar-refractivity contribution in [3.05, 3.63) is 29.3 Å². The van der Waals surface area contributed by atoms with Gasteiger partial charge < -0.3 is 4.90 Å². The summed E-state index contributed by atoms with van der Waals surface area (Å²) < 4.78 is 23.0. The molecule has 116 valence electrons. The van der Waals surface area contributed by atoms with Crippen molar-refractivity contribution < 1.29 is 13.2 Å². The van der Waals surface area contributed by atoms with Gasteiger partial charge in [0.15, 0.2) is 0 Å². The molecule has 2 unspecified atom stereocenters. The van der Waals surface area contributed by atoms with Crippen LogP contribution in [0.4, 0.5) is 0 Å². The topological polar surface area (TPSA) is 80.5 Å². The Morgan fingerprint density at radius 3 is 2.62 bits per heavy atom. The first-order valence-corrected chi connectivity index (χ1v) is 8.76. The van der Waals surface area contributed by atoms with Crippen molar-refractivity contribution in [1.29, 1.82) is 0 Å². The zero-order valence-corrected chi connectivity index (χ0v) is 13.5. The van der Waals surface area contributed by atoms with Crippen LogP contribution < -0.4 is 5.14 Å². The minimum absolute atomic E-state index is 0.0173. The second-order valence-corrected chi connectivity index (χ2v) is 7.28. The van der Waals surface area contributed by atoms with Gasteiger partial charge in [-0.25, -0.2) is 13.6 Å². The molecule has 1 aliphatic rings. The van der Waals surface area contributed by atoms with Crippen LogP contribution in [0.3, 0.4) is 0 Å². The molecule has 0 radical (unpaired) electrons. The van der Waals surface area contributed by atoms with Crippen molar-refractivity contribution in [1.82, 2.24) is 4.90 Å². The van der Waals surface area contributed by atoms with E-state index in [2.05, 4.69) is 6.92 Å². The first-order valence-electron chi connectivity index (χ1n) is 7.21. The molecule has 0 spiro atoms. The Labute approximate surface area is 126 Å². The monoisotopic (exact) mass is 310 g/mol. The van der Waals surface area contributed by atoms with Crippen LogP contribution in [-0.2, 0) is 10.0 Å². The van der Waals surface area contributed by atoms with Crippen LogP contribution in [0.25, 0.3) is 0 Å². The molecular weight excluding hydrogens is 288 g/mol. The summed E-state index contributed by atoms with van der Waals surface area (Å²) >= 11 is 0. The van der Waals surface area contributed by atoms with Gasteiger partial charge in [-0.2, -0.15) is 0 Å². The number of carbonyl (C=O) groups is 1. The number of primary sulfonamides is 1. The molecule has 0 aromatic heterocycles. The summed E-state index contributed by atoms with van der Waals surface area (Å²) in [5.74, 6) is -0.102. The number of aryl methyl sites for hydroxylation is 1. The van der Waals surface area contributed by atoms with Crippen LogP contribution in [0.2, 0.25) is 0 Å². The summed E-state index contributed by atoms with van der Waals surface area (Å²) in [5.41, 5.74) is 1.19. The van der Waals surface area contributed by atoms with Gasteiger partial charge in [-0.1, -0.05) is 13.0 Å². The van der Waals surface area contributed by atoms with Crippen LogP contribution in [-0.4, -0.2) is 31.3 Å². The van der Waals surface area contributed by atoms with Gasteiger partial charge in [0.1, 0.15) is 0 Å². The number of sulfonamides is 1. The molecule has 1 amide bonds. The highest BCUT2D eigenvalue weighted by atomic mass is 32.2. The third-order valence-corrected chi connectivity index (χ3v) is 5.17. The van der Waals surface area contributed by atoms with E-state index in [4.69, 9.17) is 5.14 Å². The van der Waals surface area contributed by atoms with Gasteiger partial charge in [0.25, 0.3) is 5.91 Å². The van der Waals surface area contributed by atoms with Crippen molar-refractivity contribution in [3.63, 3.8) is 0 Å². The molecule has 2 atom stereocenters. The molecule has 0 saturated carbocycles. The van der Waals surface area contributed by atoms with Crippen molar-refractivity contribution in [3.8, 4) is 0 Å². The van der Waals surface area contributed by atoms with Gasteiger partial charge in [0, 0.05) is 17.6 Å². The number of amides is 1. The molecule has 1 aromatic rings. The molecule has 1 aromatic carbocycles. The molecule has 1 heterocycles. The molecule has 1 fully saturated rings. The Morgan fingerprint density at radius 1 is 1.38 bits per heavy atom. The first-order chi connectivity index (χ1) is 9.75. The Balaban J connectivity index is 2.43.